The number of piperidine rings is 1. The number of carbonyl (C=O) groups is 1. The molecule has 0 amide bonds. The number of nitrogens with zero attached hydrogens (tertiary/aromatic N) is 1. The van der Waals surface area contributed by atoms with Crippen LogP contribution in [0.15, 0.2) is 18.5 Å². The molecule has 0 saturated carbocycles. The van der Waals surface area contributed by atoms with E-state index in [1.807, 2.05) is 13.0 Å². The fraction of sp³-hybridized carbons (Fsp3) is 0.571. The highest BCUT2D eigenvalue weighted by atomic mass is 16.1. The molecular formula is C14H20N2O. The molecule has 2 heterocycles. The molecule has 1 saturated heterocycles. The minimum absolute atomic E-state index is 0.216. The number of rotatable bonds is 4. The maximum absolute atomic E-state index is 12.0. The van der Waals surface area contributed by atoms with E-state index in [9.17, 15) is 4.79 Å². The Morgan fingerprint density at radius 2 is 2.35 bits per heavy atom. The molecule has 1 aromatic heterocycles. The van der Waals surface area contributed by atoms with Crippen LogP contribution in [-0.4, -0.2) is 23.4 Å². The molecule has 1 aromatic rings. The van der Waals surface area contributed by atoms with Gasteiger partial charge in [0.15, 0.2) is 5.78 Å². The van der Waals surface area contributed by atoms with Crippen molar-refractivity contribution in [1.29, 1.82) is 0 Å². The first-order valence-electron chi connectivity index (χ1n) is 6.44. The lowest BCUT2D eigenvalue weighted by Crippen LogP contribution is -2.34. The summed E-state index contributed by atoms with van der Waals surface area (Å²) in [6.45, 7) is 3.07. The third kappa shape index (κ3) is 3.63. The van der Waals surface area contributed by atoms with Gasteiger partial charge in [-0.2, -0.15) is 0 Å². The summed E-state index contributed by atoms with van der Waals surface area (Å²) in [5.41, 5.74) is 1.80. The average molecular weight is 232 g/mol. The molecule has 1 aliphatic heterocycles. The Bertz CT molecular complexity index is 384. The Kier molecular flexibility index (Phi) is 4.26. The molecule has 1 unspecified atom stereocenters. The van der Waals surface area contributed by atoms with Gasteiger partial charge in [-0.15, -0.1) is 0 Å². The van der Waals surface area contributed by atoms with E-state index in [2.05, 4.69) is 10.3 Å². The Balaban J connectivity index is 1.84. The number of hydrogen-bond donors (Lipinski definition) is 1. The zero-order valence-corrected chi connectivity index (χ0v) is 10.4. The number of aryl methyl sites for hydroxylation is 1. The molecule has 2 rings (SSSR count). The summed E-state index contributed by atoms with van der Waals surface area (Å²) in [5, 5.41) is 3.47. The van der Waals surface area contributed by atoms with Crippen molar-refractivity contribution in [2.75, 3.05) is 6.54 Å². The van der Waals surface area contributed by atoms with Crippen molar-refractivity contribution in [3.8, 4) is 0 Å². The molecule has 1 atom stereocenters. The molecule has 0 aliphatic carbocycles. The Labute approximate surface area is 103 Å². The Morgan fingerprint density at radius 3 is 3.06 bits per heavy atom. The minimum atomic E-state index is 0.216. The number of ketones is 1. The monoisotopic (exact) mass is 232 g/mol. The topological polar surface area (TPSA) is 42.0 Å². The van der Waals surface area contributed by atoms with E-state index in [-0.39, 0.29) is 5.78 Å². The van der Waals surface area contributed by atoms with E-state index in [4.69, 9.17) is 0 Å². The first-order chi connectivity index (χ1) is 8.25. The summed E-state index contributed by atoms with van der Waals surface area (Å²) in [6.07, 6.45) is 8.79. The Hall–Kier alpha value is -1.22. The number of Topliss-reactive ketones (excluding diaryl/α,β-unsaturated/α-hetero) is 1. The highest BCUT2D eigenvalue weighted by Gasteiger charge is 2.14. The second kappa shape index (κ2) is 5.92. The van der Waals surface area contributed by atoms with Gasteiger partial charge < -0.3 is 5.32 Å². The molecule has 0 aromatic carbocycles. The molecule has 1 aliphatic rings. The third-order valence-electron chi connectivity index (χ3n) is 3.33. The molecule has 92 valence electrons. The minimum Gasteiger partial charge on any atom is -0.314 e. The summed E-state index contributed by atoms with van der Waals surface area (Å²) in [5.74, 6) is 0.216. The second-order valence-electron chi connectivity index (χ2n) is 4.86. The summed E-state index contributed by atoms with van der Waals surface area (Å²) in [4.78, 5) is 16.0. The quantitative estimate of drug-likeness (QED) is 0.811. The normalized spacial score (nSPS) is 20.2. The van der Waals surface area contributed by atoms with E-state index in [0.29, 0.717) is 12.5 Å². The lowest BCUT2D eigenvalue weighted by Gasteiger charge is -2.22. The van der Waals surface area contributed by atoms with Crippen LogP contribution in [0.25, 0.3) is 0 Å². The molecular weight excluding hydrogens is 212 g/mol. The molecule has 0 spiro atoms. The first kappa shape index (κ1) is 12.2. The van der Waals surface area contributed by atoms with Gasteiger partial charge in [0.2, 0.25) is 0 Å². The number of aromatic nitrogens is 1. The number of carbonyl (C=O) groups excluding carboxylic acids is 1. The first-order valence-corrected chi connectivity index (χ1v) is 6.44. The van der Waals surface area contributed by atoms with Crippen LogP contribution in [0.1, 0.15) is 48.0 Å². The van der Waals surface area contributed by atoms with Gasteiger partial charge in [-0.25, -0.2) is 0 Å². The molecule has 17 heavy (non-hydrogen) atoms. The molecule has 1 fully saturated rings. The van der Waals surface area contributed by atoms with Gasteiger partial charge in [-0.3, -0.25) is 9.78 Å². The van der Waals surface area contributed by atoms with Crippen LogP contribution in [0.5, 0.6) is 0 Å². The third-order valence-corrected chi connectivity index (χ3v) is 3.33. The van der Waals surface area contributed by atoms with Gasteiger partial charge in [-0.05, 0) is 44.4 Å². The van der Waals surface area contributed by atoms with Crippen molar-refractivity contribution in [1.82, 2.24) is 10.3 Å². The zero-order valence-electron chi connectivity index (χ0n) is 10.4. The highest BCUT2D eigenvalue weighted by molar-refractivity contribution is 5.95. The van der Waals surface area contributed by atoms with E-state index in [1.165, 1.54) is 19.3 Å². The molecule has 0 radical (unpaired) electrons. The van der Waals surface area contributed by atoms with Gasteiger partial charge in [-0.1, -0.05) is 6.42 Å². The van der Waals surface area contributed by atoms with Crippen molar-refractivity contribution >= 4 is 5.78 Å². The van der Waals surface area contributed by atoms with Gasteiger partial charge in [0, 0.05) is 30.4 Å². The van der Waals surface area contributed by atoms with Crippen LogP contribution in [0.2, 0.25) is 0 Å². The lowest BCUT2D eigenvalue weighted by atomic mass is 9.97. The van der Waals surface area contributed by atoms with Gasteiger partial charge in [0.05, 0.1) is 0 Å². The van der Waals surface area contributed by atoms with Crippen molar-refractivity contribution in [3.05, 3.63) is 29.6 Å². The van der Waals surface area contributed by atoms with Crippen molar-refractivity contribution in [3.63, 3.8) is 0 Å². The van der Waals surface area contributed by atoms with Crippen LogP contribution in [0.4, 0.5) is 0 Å². The molecule has 1 N–H and O–H groups in total. The summed E-state index contributed by atoms with van der Waals surface area (Å²) < 4.78 is 0. The summed E-state index contributed by atoms with van der Waals surface area (Å²) in [7, 11) is 0. The zero-order chi connectivity index (χ0) is 12.1. The highest BCUT2D eigenvalue weighted by Crippen LogP contribution is 2.14. The lowest BCUT2D eigenvalue weighted by molar-refractivity contribution is 0.0974. The van der Waals surface area contributed by atoms with Crippen LogP contribution in [0, 0.1) is 6.92 Å². The molecule has 0 bridgehead atoms. The van der Waals surface area contributed by atoms with Crippen LogP contribution >= 0.6 is 0 Å². The number of hydrogen-bond acceptors (Lipinski definition) is 3. The SMILES string of the molecule is Cc1cncc(C(=O)CCC2CCCCN2)c1. The van der Waals surface area contributed by atoms with E-state index >= 15 is 0 Å². The van der Waals surface area contributed by atoms with E-state index in [1.54, 1.807) is 12.4 Å². The van der Waals surface area contributed by atoms with E-state index < -0.39 is 0 Å². The molecule has 3 nitrogen and oxygen atoms in total. The number of nitrogens with one attached hydrogen (secondary N) is 1. The largest absolute Gasteiger partial charge is 0.314 e. The average Bonchev–Trinajstić information content (AvgIpc) is 2.37. The standard InChI is InChI=1S/C14H20N2O/c1-11-8-12(10-15-9-11)14(17)6-5-13-4-2-3-7-16-13/h8-10,13,16H,2-7H2,1H3. The molecule has 3 heteroatoms. The fourth-order valence-corrected chi connectivity index (χ4v) is 2.33. The predicted molar refractivity (Wildman–Crippen MR) is 68.2 cm³/mol. The van der Waals surface area contributed by atoms with Gasteiger partial charge in [0.1, 0.15) is 0 Å². The van der Waals surface area contributed by atoms with E-state index in [0.717, 1.165) is 24.1 Å². The maximum atomic E-state index is 12.0. The van der Waals surface area contributed by atoms with Crippen LogP contribution in [-0.2, 0) is 0 Å². The van der Waals surface area contributed by atoms with Crippen LogP contribution in [0.3, 0.4) is 0 Å². The summed E-state index contributed by atoms with van der Waals surface area (Å²) >= 11 is 0. The fourth-order valence-electron chi connectivity index (χ4n) is 2.33. The van der Waals surface area contributed by atoms with Gasteiger partial charge >= 0.3 is 0 Å². The van der Waals surface area contributed by atoms with Crippen LogP contribution < -0.4 is 5.32 Å². The predicted octanol–water partition coefficient (Wildman–Crippen LogP) is 2.50. The van der Waals surface area contributed by atoms with Crippen molar-refractivity contribution in [2.24, 2.45) is 0 Å². The van der Waals surface area contributed by atoms with Crippen molar-refractivity contribution < 1.29 is 4.79 Å². The second-order valence-corrected chi connectivity index (χ2v) is 4.86. The number of pyridine rings is 1. The van der Waals surface area contributed by atoms with Gasteiger partial charge in [0.25, 0.3) is 0 Å². The Morgan fingerprint density at radius 1 is 1.47 bits per heavy atom. The summed E-state index contributed by atoms with van der Waals surface area (Å²) in [6, 6.07) is 2.45. The van der Waals surface area contributed by atoms with Crippen molar-refractivity contribution in [2.45, 2.75) is 45.1 Å². The maximum Gasteiger partial charge on any atom is 0.164 e. The smallest absolute Gasteiger partial charge is 0.164 e.